The SMILES string of the molecule is CN(C)c1cc(C#N)nc2sc3c(=O)n(C4CCCCCC4)cnc3c12. The molecule has 6 nitrogen and oxygen atoms in total. The number of pyridine rings is 1. The topological polar surface area (TPSA) is 74.8 Å². The van der Waals surface area contributed by atoms with E-state index in [1.165, 1.54) is 37.0 Å². The molecule has 134 valence electrons. The van der Waals surface area contributed by atoms with Crippen LogP contribution in [-0.4, -0.2) is 28.6 Å². The van der Waals surface area contributed by atoms with Crippen molar-refractivity contribution in [2.24, 2.45) is 0 Å². The van der Waals surface area contributed by atoms with Gasteiger partial charge in [-0.05, 0) is 18.9 Å². The predicted octanol–water partition coefficient (Wildman–Crippen LogP) is 3.84. The molecule has 0 unspecified atom stereocenters. The van der Waals surface area contributed by atoms with Gasteiger partial charge in [0.05, 0.1) is 22.9 Å². The highest BCUT2D eigenvalue weighted by Gasteiger charge is 2.21. The number of nitriles is 1. The molecule has 0 bridgehead atoms. The second-order valence-corrected chi connectivity index (χ2v) is 8.09. The molecular formula is C19H21N5OS. The van der Waals surface area contributed by atoms with Crippen LogP contribution in [0.1, 0.15) is 50.3 Å². The van der Waals surface area contributed by atoms with Crippen molar-refractivity contribution in [1.29, 1.82) is 5.26 Å². The zero-order valence-corrected chi connectivity index (χ0v) is 15.8. The number of hydrogen-bond donors (Lipinski definition) is 0. The number of nitrogens with zero attached hydrogens (tertiary/aromatic N) is 5. The van der Waals surface area contributed by atoms with E-state index in [4.69, 9.17) is 0 Å². The minimum Gasteiger partial charge on any atom is -0.377 e. The molecule has 0 amide bonds. The Labute approximate surface area is 155 Å². The van der Waals surface area contributed by atoms with Crippen LogP contribution >= 0.6 is 11.3 Å². The zero-order chi connectivity index (χ0) is 18.3. The fourth-order valence-electron chi connectivity index (χ4n) is 3.83. The quantitative estimate of drug-likeness (QED) is 0.643. The number of hydrogen-bond acceptors (Lipinski definition) is 6. The molecule has 0 saturated heterocycles. The van der Waals surface area contributed by atoms with Crippen molar-refractivity contribution in [3.8, 4) is 6.07 Å². The molecule has 0 aromatic carbocycles. The lowest BCUT2D eigenvalue weighted by Gasteiger charge is -2.17. The second-order valence-electron chi connectivity index (χ2n) is 7.10. The average Bonchev–Trinajstić information content (AvgIpc) is 2.81. The highest BCUT2D eigenvalue weighted by atomic mass is 32.1. The van der Waals surface area contributed by atoms with Crippen LogP contribution in [0.4, 0.5) is 5.69 Å². The zero-order valence-electron chi connectivity index (χ0n) is 15.0. The number of fused-ring (bicyclic) bond motifs is 3. The summed E-state index contributed by atoms with van der Waals surface area (Å²) in [5.41, 5.74) is 1.95. The maximum atomic E-state index is 13.2. The molecule has 0 spiro atoms. The molecule has 1 saturated carbocycles. The summed E-state index contributed by atoms with van der Waals surface area (Å²) in [5.74, 6) is 0. The summed E-state index contributed by atoms with van der Waals surface area (Å²) in [6.45, 7) is 0. The van der Waals surface area contributed by atoms with Crippen LogP contribution in [0.15, 0.2) is 17.2 Å². The Morgan fingerprint density at radius 2 is 2.00 bits per heavy atom. The first-order valence-electron chi connectivity index (χ1n) is 9.02. The van der Waals surface area contributed by atoms with Gasteiger partial charge < -0.3 is 4.90 Å². The Balaban J connectivity index is 1.96. The average molecular weight is 367 g/mol. The molecule has 3 heterocycles. The first kappa shape index (κ1) is 17.0. The molecule has 1 aliphatic carbocycles. The van der Waals surface area contributed by atoms with Crippen molar-refractivity contribution >= 4 is 37.5 Å². The standard InChI is InChI=1S/C19H21N5OS/c1-23(2)14-9-12(10-20)22-18-15(14)16-17(26-18)19(25)24(11-21-16)13-7-5-3-4-6-8-13/h9,11,13H,3-8H2,1-2H3. The third-order valence-corrected chi connectivity index (χ3v) is 6.23. The summed E-state index contributed by atoms with van der Waals surface area (Å²) in [4.78, 5) is 24.9. The third kappa shape index (κ3) is 2.74. The van der Waals surface area contributed by atoms with Gasteiger partial charge >= 0.3 is 0 Å². The minimum absolute atomic E-state index is 0.0214. The molecule has 1 aliphatic rings. The lowest BCUT2D eigenvalue weighted by Crippen LogP contribution is -2.24. The van der Waals surface area contributed by atoms with E-state index in [0.717, 1.165) is 23.9 Å². The lowest BCUT2D eigenvalue weighted by molar-refractivity contribution is 0.430. The molecular weight excluding hydrogens is 346 g/mol. The van der Waals surface area contributed by atoms with Crippen molar-refractivity contribution in [3.63, 3.8) is 0 Å². The summed E-state index contributed by atoms with van der Waals surface area (Å²) in [6, 6.07) is 4.10. The van der Waals surface area contributed by atoms with Gasteiger partial charge in [0.1, 0.15) is 21.3 Å². The smallest absolute Gasteiger partial charge is 0.271 e. The summed E-state index contributed by atoms with van der Waals surface area (Å²) >= 11 is 1.35. The maximum absolute atomic E-state index is 13.2. The van der Waals surface area contributed by atoms with Crippen LogP contribution in [0.25, 0.3) is 20.4 Å². The Hall–Kier alpha value is -2.46. The molecule has 26 heavy (non-hydrogen) atoms. The molecule has 0 N–H and O–H groups in total. The van der Waals surface area contributed by atoms with Crippen molar-refractivity contribution in [2.75, 3.05) is 19.0 Å². The van der Waals surface area contributed by atoms with Crippen LogP contribution in [0.3, 0.4) is 0 Å². The lowest BCUT2D eigenvalue weighted by atomic mass is 10.1. The fraction of sp³-hybridized carbons (Fsp3) is 0.474. The van der Waals surface area contributed by atoms with Crippen LogP contribution in [0.2, 0.25) is 0 Å². The van der Waals surface area contributed by atoms with Gasteiger partial charge in [-0.1, -0.05) is 25.7 Å². The van der Waals surface area contributed by atoms with Gasteiger partial charge in [-0.25, -0.2) is 9.97 Å². The number of rotatable bonds is 2. The molecule has 0 aliphatic heterocycles. The van der Waals surface area contributed by atoms with Gasteiger partial charge in [0.25, 0.3) is 5.56 Å². The number of anilines is 1. The van der Waals surface area contributed by atoms with Gasteiger partial charge in [0, 0.05) is 20.1 Å². The van der Waals surface area contributed by atoms with E-state index in [9.17, 15) is 10.1 Å². The number of thiophene rings is 1. The van der Waals surface area contributed by atoms with Crippen LogP contribution in [-0.2, 0) is 0 Å². The van der Waals surface area contributed by atoms with Gasteiger partial charge in [-0.2, -0.15) is 5.26 Å². The first-order valence-corrected chi connectivity index (χ1v) is 9.83. The van der Waals surface area contributed by atoms with E-state index < -0.39 is 0 Å². The Morgan fingerprint density at radius 3 is 2.65 bits per heavy atom. The van der Waals surface area contributed by atoms with Crippen LogP contribution < -0.4 is 10.5 Å². The molecule has 4 rings (SSSR count). The van der Waals surface area contributed by atoms with Crippen molar-refractivity contribution < 1.29 is 0 Å². The van der Waals surface area contributed by atoms with Crippen molar-refractivity contribution in [2.45, 2.75) is 44.6 Å². The van der Waals surface area contributed by atoms with E-state index in [0.29, 0.717) is 20.7 Å². The molecule has 3 aromatic heterocycles. The Kier molecular flexibility index (Phi) is 4.37. The predicted molar refractivity (Wildman–Crippen MR) is 105 cm³/mol. The summed E-state index contributed by atoms with van der Waals surface area (Å²) < 4.78 is 2.46. The molecule has 0 radical (unpaired) electrons. The molecule has 1 fully saturated rings. The molecule has 3 aromatic rings. The molecule has 7 heteroatoms. The van der Waals surface area contributed by atoms with Crippen LogP contribution in [0.5, 0.6) is 0 Å². The Morgan fingerprint density at radius 1 is 1.27 bits per heavy atom. The third-order valence-electron chi connectivity index (χ3n) is 5.17. The maximum Gasteiger partial charge on any atom is 0.271 e. The normalized spacial score (nSPS) is 15.9. The van der Waals surface area contributed by atoms with Gasteiger partial charge in [0.15, 0.2) is 0 Å². The molecule has 0 atom stereocenters. The highest BCUT2D eigenvalue weighted by Crippen LogP contribution is 2.36. The van der Waals surface area contributed by atoms with E-state index in [1.54, 1.807) is 12.4 Å². The first-order chi connectivity index (χ1) is 12.6. The van der Waals surface area contributed by atoms with Crippen molar-refractivity contribution in [3.05, 3.63) is 28.4 Å². The second kappa shape index (κ2) is 6.69. The minimum atomic E-state index is 0.0214. The largest absolute Gasteiger partial charge is 0.377 e. The highest BCUT2D eigenvalue weighted by molar-refractivity contribution is 7.25. The Bertz CT molecular complexity index is 1070. The fourth-order valence-corrected chi connectivity index (χ4v) is 4.91. The van der Waals surface area contributed by atoms with E-state index in [2.05, 4.69) is 16.0 Å². The van der Waals surface area contributed by atoms with E-state index in [1.807, 2.05) is 23.6 Å². The van der Waals surface area contributed by atoms with Gasteiger partial charge in [-0.15, -0.1) is 11.3 Å². The van der Waals surface area contributed by atoms with E-state index >= 15 is 0 Å². The monoisotopic (exact) mass is 367 g/mol. The summed E-state index contributed by atoms with van der Waals surface area (Å²) in [6.07, 6.45) is 8.62. The van der Waals surface area contributed by atoms with Crippen molar-refractivity contribution in [1.82, 2.24) is 14.5 Å². The summed E-state index contributed by atoms with van der Waals surface area (Å²) in [5, 5.41) is 10.1. The van der Waals surface area contributed by atoms with Crippen LogP contribution in [0, 0.1) is 11.3 Å². The number of aromatic nitrogens is 3. The summed E-state index contributed by atoms with van der Waals surface area (Å²) in [7, 11) is 3.85. The van der Waals surface area contributed by atoms with Gasteiger partial charge in [-0.3, -0.25) is 9.36 Å². The van der Waals surface area contributed by atoms with Gasteiger partial charge in [0.2, 0.25) is 0 Å². The van der Waals surface area contributed by atoms with E-state index in [-0.39, 0.29) is 11.6 Å².